The van der Waals surface area contributed by atoms with Gasteiger partial charge in [0.25, 0.3) is 0 Å². The highest BCUT2D eigenvalue weighted by atomic mass is 16.3. The molecule has 6 aromatic carbocycles. The molecule has 0 amide bonds. The molecule has 0 saturated carbocycles. The predicted octanol–water partition coefficient (Wildman–Crippen LogP) is 13.6. The van der Waals surface area contributed by atoms with Crippen LogP contribution in [0, 0.1) is 0 Å². The molecule has 3 aliphatic carbocycles. The van der Waals surface area contributed by atoms with Crippen molar-refractivity contribution in [3.05, 3.63) is 186 Å². The Morgan fingerprint density at radius 3 is 2.20 bits per heavy atom. The van der Waals surface area contributed by atoms with Crippen LogP contribution in [0.5, 0.6) is 0 Å². The number of benzene rings is 6. The van der Waals surface area contributed by atoms with Crippen LogP contribution in [0.1, 0.15) is 66.9 Å². The number of fused-ring (bicyclic) bond motifs is 9. The minimum Gasteiger partial charge on any atom is -0.460 e. The Bertz CT molecular complexity index is 3290. The van der Waals surface area contributed by atoms with Crippen LogP contribution < -0.4 is 0 Å². The van der Waals surface area contributed by atoms with Crippen LogP contribution in [-0.2, 0) is 11.8 Å². The van der Waals surface area contributed by atoms with Crippen LogP contribution >= 0.6 is 0 Å². The molecule has 0 saturated heterocycles. The summed E-state index contributed by atoms with van der Waals surface area (Å²) in [5.41, 5.74) is 16.4. The Labute approximate surface area is 342 Å². The largest absolute Gasteiger partial charge is 0.460 e. The van der Waals surface area contributed by atoms with E-state index in [0.29, 0.717) is 17.5 Å². The minimum atomic E-state index is -0.0908. The third-order valence-corrected chi connectivity index (χ3v) is 12.8. The number of aryl methyl sites for hydroxylation is 1. The molecule has 0 fully saturated rings. The first-order chi connectivity index (χ1) is 29.0. The van der Waals surface area contributed by atoms with Gasteiger partial charge in [-0.25, -0.2) is 15.0 Å². The molecule has 3 heterocycles. The molecule has 282 valence electrons. The van der Waals surface area contributed by atoms with Crippen molar-refractivity contribution in [2.75, 3.05) is 0 Å². The molecule has 0 radical (unpaired) electrons. The highest BCUT2D eigenvalue weighted by Crippen LogP contribution is 2.51. The van der Waals surface area contributed by atoms with Gasteiger partial charge in [-0.2, -0.15) is 0 Å². The number of allylic oxidation sites excluding steroid dienone is 5. The SMILES string of the molecule is CC1(C)c2ccccc2-c2cc3c(cc21)c1cc(C2=Cc4c(oc5cccc(-c6nc(C7=CCCC=C7)nc(-c7ccccc7)n6)c45)CC2)ccc1n3-c1ccccc1. The van der Waals surface area contributed by atoms with Crippen molar-refractivity contribution in [3.8, 4) is 39.6 Å². The highest BCUT2D eigenvalue weighted by molar-refractivity contribution is 6.13. The van der Waals surface area contributed by atoms with E-state index in [1.54, 1.807) is 0 Å². The van der Waals surface area contributed by atoms with Crippen molar-refractivity contribution in [2.45, 2.75) is 44.9 Å². The van der Waals surface area contributed by atoms with Gasteiger partial charge in [0.15, 0.2) is 17.5 Å². The first-order valence-corrected chi connectivity index (χ1v) is 20.7. The molecule has 5 heteroatoms. The van der Waals surface area contributed by atoms with Crippen LogP contribution in [0.2, 0.25) is 0 Å². The lowest BCUT2D eigenvalue weighted by atomic mass is 9.82. The number of furan rings is 1. The molecular weight excluding hydrogens is 721 g/mol. The van der Waals surface area contributed by atoms with Crippen LogP contribution in [-0.4, -0.2) is 19.5 Å². The van der Waals surface area contributed by atoms with E-state index in [0.717, 1.165) is 70.4 Å². The average Bonchev–Trinajstić information content (AvgIpc) is 3.91. The Morgan fingerprint density at radius 1 is 0.593 bits per heavy atom. The normalized spacial score (nSPS) is 15.3. The molecule has 3 aromatic heterocycles. The van der Waals surface area contributed by atoms with Crippen molar-refractivity contribution >= 4 is 50.0 Å². The van der Waals surface area contributed by atoms with E-state index < -0.39 is 0 Å². The van der Waals surface area contributed by atoms with E-state index in [-0.39, 0.29) is 5.41 Å². The summed E-state index contributed by atoms with van der Waals surface area (Å²) in [4.78, 5) is 15.3. The second-order valence-electron chi connectivity index (χ2n) is 16.6. The maximum Gasteiger partial charge on any atom is 0.164 e. The summed E-state index contributed by atoms with van der Waals surface area (Å²) in [6.45, 7) is 4.73. The maximum atomic E-state index is 6.63. The Morgan fingerprint density at radius 2 is 1.36 bits per heavy atom. The molecule has 0 unspecified atom stereocenters. The Hall–Kier alpha value is -7.11. The van der Waals surface area contributed by atoms with Crippen LogP contribution in [0.15, 0.2) is 156 Å². The standard InChI is InChI=1S/C54H40N4O/c1-54(2)44-23-13-12-21-38(44)40-32-47-42(31-45(40)54)41-29-35(25-27-46(41)58(47)37-19-10-5-11-20-37)36-26-28-48-43(30-36)50-39(22-14-24-49(50)59-48)53-56-51(33-15-6-3-7-16-33)55-52(57-53)34-17-8-4-9-18-34/h3,5-8,10-25,27,29-32H,4,9,26,28H2,1-2H3. The number of nitrogens with zero attached hydrogens (tertiary/aromatic N) is 4. The van der Waals surface area contributed by atoms with Crippen LogP contribution in [0.25, 0.3) is 89.6 Å². The number of hydrogen-bond acceptors (Lipinski definition) is 4. The zero-order valence-electron chi connectivity index (χ0n) is 33.0. The van der Waals surface area contributed by atoms with Crippen LogP contribution in [0.3, 0.4) is 0 Å². The third-order valence-electron chi connectivity index (χ3n) is 12.8. The van der Waals surface area contributed by atoms with Crippen molar-refractivity contribution in [3.63, 3.8) is 0 Å². The van der Waals surface area contributed by atoms with Gasteiger partial charge in [0, 0.05) is 55.9 Å². The topological polar surface area (TPSA) is 56.7 Å². The lowest BCUT2D eigenvalue weighted by Crippen LogP contribution is -2.14. The fourth-order valence-electron chi connectivity index (χ4n) is 9.86. The summed E-state index contributed by atoms with van der Waals surface area (Å²) in [7, 11) is 0. The zero-order chi connectivity index (χ0) is 39.2. The molecule has 5 nitrogen and oxygen atoms in total. The van der Waals surface area contributed by atoms with Gasteiger partial charge < -0.3 is 8.98 Å². The van der Waals surface area contributed by atoms with E-state index in [2.05, 4.69) is 158 Å². The monoisotopic (exact) mass is 760 g/mol. The lowest BCUT2D eigenvalue weighted by molar-refractivity contribution is 0.548. The number of rotatable bonds is 5. The quantitative estimate of drug-likeness (QED) is 0.175. The van der Waals surface area contributed by atoms with Gasteiger partial charge in [-0.1, -0.05) is 123 Å². The fraction of sp³-hybridized carbons (Fsp3) is 0.130. The summed E-state index contributed by atoms with van der Waals surface area (Å²) in [6, 6.07) is 48.1. The lowest BCUT2D eigenvalue weighted by Gasteiger charge is -2.21. The van der Waals surface area contributed by atoms with E-state index in [4.69, 9.17) is 19.4 Å². The summed E-state index contributed by atoms with van der Waals surface area (Å²) in [5, 5.41) is 3.59. The molecule has 0 aliphatic heterocycles. The number of para-hydroxylation sites is 1. The van der Waals surface area contributed by atoms with Crippen molar-refractivity contribution < 1.29 is 4.42 Å². The van der Waals surface area contributed by atoms with E-state index in [1.165, 1.54) is 55.2 Å². The number of hydrogen-bond donors (Lipinski definition) is 0. The molecule has 0 N–H and O–H groups in total. The van der Waals surface area contributed by atoms with Crippen molar-refractivity contribution in [1.29, 1.82) is 0 Å². The molecule has 0 bridgehead atoms. The van der Waals surface area contributed by atoms with Gasteiger partial charge in [0.2, 0.25) is 0 Å². The average molecular weight is 761 g/mol. The van der Waals surface area contributed by atoms with E-state index in [9.17, 15) is 0 Å². The smallest absolute Gasteiger partial charge is 0.164 e. The molecule has 3 aliphatic rings. The highest BCUT2D eigenvalue weighted by Gasteiger charge is 2.36. The van der Waals surface area contributed by atoms with Crippen LogP contribution in [0.4, 0.5) is 0 Å². The molecule has 0 spiro atoms. The third kappa shape index (κ3) is 5.27. The second kappa shape index (κ2) is 13.0. The molecule has 0 atom stereocenters. The first-order valence-electron chi connectivity index (χ1n) is 20.7. The summed E-state index contributed by atoms with van der Waals surface area (Å²) in [6.07, 6.45) is 12.6. The second-order valence-corrected chi connectivity index (χ2v) is 16.6. The number of aromatic nitrogens is 4. The Kier molecular flexibility index (Phi) is 7.46. The molecule has 9 aromatic rings. The predicted molar refractivity (Wildman–Crippen MR) is 241 cm³/mol. The molecular formula is C54H40N4O. The van der Waals surface area contributed by atoms with Gasteiger partial charge in [-0.05, 0) is 101 Å². The first kappa shape index (κ1) is 34.0. The van der Waals surface area contributed by atoms with Gasteiger partial charge in [-0.15, -0.1) is 0 Å². The maximum absolute atomic E-state index is 6.63. The fourth-order valence-corrected chi connectivity index (χ4v) is 9.86. The molecule has 59 heavy (non-hydrogen) atoms. The van der Waals surface area contributed by atoms with Gasteiger partial charge in [0.05, 0.1) is 11.0 Å². The van der Waals surface area contributed by atoms with Gasteiger partial charge >= 0.3 is 0 Å². The van der Waals surface area contributed by atoms with Gasteiger partial charge in [0.1, 0.15) is 11.3 Å². The summed E-state index contributed by atoms with van der Waals surface area (Å²) >= 11 is 0. The minimum absolute atomic E-state index is 0.0908. The molecule has 12 rings (SSSR count). The summed E-state index contributed by atoms with van der Waals surface area (Å²) in [5.74, 6) is 3.01. The van der Waals surface area contributed by atoms with Gasteiger partial charge in [-0.3, -0.25) is 0 Å². The van der Waals surface area contributed by atoms with Crippen molar-refractivity contribution in [2.24, 2.45) is 0 Å². The van der Waals surface area contributed by atoms with Crippen molar-refractivity contribution in [1.82, 2.24) is 19.5 Å². The van der Waals surface area contributed by atoms with E-state index in [1.807, 2.05) is 18.2 Å². The van der Waals surface area contributed by atoms with E-state index >= 15 is 0 Å². The zero-order valence-corrected chi connectivity index (χ0v) is 33.0. The Balaban J connectivity index is 1.03. The summed E-state index contributed by atoms with van der Waals surface area (Å²) < 4.78 is 9.07.